The van der Waals surface area contributed by atoms with Crippen LogP contribution in [0.2, 0.25) is 0 Å². The van der Waals surface area contributed by atoms with Crippen molar-refractivity contribution in [1.29, 1.82) is 0 Å². The molecular weight excluding hydrogens is 405 g/mol. The minimum atomic E-state index is -3.96. The fourth-order valence-electron chi connectivity index (χ4n) is 3.64. The van der Waals surface area contributed by atoms with Crippen LogP contribution in [0.25, 0.3) is 0 Å². The number of anilines is 1. The van der Waals surface area contributed by atoms with Crippen molar-refractivity contribution in [3.8, 4) is 0 Å². The van der Waals surface area contributed by atoms with Gasteiger partial charge in [0.25, 0.3) is 15.9 Å². The number of para-hydroxylation sites is 1. The van der Waals surface area contributed by atoms with Gasteiger partial charge in [-0.1, -0.05) is 19.1 Å². The normalized spacial score (nSPS) is 15.7. The van der Waals surface area contributed by atoms with Gasteiger partial charge in [-0.05, 0) is 68.6 Å². The fourth-order valence-corrected chi connectivity index (χ4v) is 4.80. The van der Waals surface area contributed by atoms with E-state index < -0.39 is 15.8 Å². The lowest BCUT2D eigenvalue weighted by Gasteiger charge is -2.32. The molecule has 1 saturated heterocycles. The zero-order valence-electron chi connectivity index (χ0n) is 17.3. The van der Waals surface area contributed by atoms with Crippen molar-refractivity contribution in [2.45, 2.75) is 44.0 Å². The van der Waals surface area contributed by atoms with Crippen LogP contribution in [0, 0.1) is 12.7 Å². The third-order valence-electron chi connectivity index (χ3n) is 5.32. The lowest BCUT2D eigenvalue weighted by molar-refractivity contribution is 0.0912. The molecule has 2 aromatic rings. The smallest absolute Gasteiger partial charge is 0.261 e. The molecule has 0 unspecified atom stereocenters. The molecule has 162 valence electrons. The SMILES string of the molecule is CCCN1CCC(NC(=O)c2ccccc2NS(=O)(=O)c2ccc(F)c(C)c2)CC1. The number of likely N-dealkylation sites (tertiary alicyclic amines) is 1. The highest BCUT2D eigenvalue weighted by atomic mass is 32.2. The Balaban J connectivity index is 1.72. The summed E-state index contributed by atoms with van der Waals surface area (Å²) in [5.41, 5.74) is 0.689. The first-order valence-electron chi connectivity index (χ1n) is 10.2. The number of piperidine rings is 1. The predicted molar refractivity (Wildman–Crippen MR) is 116 cm³/mol. The van der Waals surface area contributed by atoms with Gasteiger partial charge in [0.1, 0.15) is 5.82 Å². The van der Waals surface area contributed by atoms with Gasteiger partial charge in [0.15, 0.2) is 0 Å². The number of nitrogens with one attached hydrogen (secondary N) is 2. The quantitative estimate of drug-likeness (QED) is 0.700. The van der Waals surface area contributed by atoms with E-state index in [-0.39, 0.29) is 33.7 Å². The summed E-state index contributed by atoms with van der Waals surface area (Å²) < 4.78 is 41.5. The van der Waals surface area contributed by atoms with Gasteiger partial charge in [-0.2, -0.15) is 0 Å². The van der Waals surface area contributed by atoms with Crippen LogP contribution in [0.3, 0.4) is 0 Å². The predicted octanol–water partition coefficient (Wildman–Crippen LogP) is 3.54. The number of aryl methyl sites for hydroxylation is 1. The monoisotopic (exact) mass is 433 g/mol. The van der Waals surface area contributed by atoms with E-state index in [1.54, 1.807) is 24.3 Å². The van der Waals surface area contributed by atoms with Crippen molar-refractivity contribution in [2.24, 2.45) is 0 Å². The van der Waals surface area contributed by atoms with E-state index in [0.29, 0.717) is 0 Å². The molecule has 1 fully saturated rings. The fraction of sp³-hybridized carbons (Fsp3) is 0.409. The van der Waals surface area contributed by atoms with Crippen LogP contribution in [0.15, 0.2) is 47.4 Å². The summed E-state index contributed by atoms with van der Waals surface area (Å²) in [5.74, 6) is -0.781. The minimum Gasteiger partial charge on any atom is -0.349 e. The van der Waals surface area contributed by atoms with E-state index in [1.165, 1.54) is 19.1 Å². The maximum absolute atomic E-state index is 13.5. The van der Waals surface area contributed by atoms with Crippen molar-refractivity contribution < 1.29 is 17.6 Å². The average Bonchev–Trinajstić information content (AvgIpc) is 2.71. The number of amides is 1. The molecule has 1 amide bonds. The Bertz CT molecular complexity index is 1000. The number of carbonyl (C=O) groups is 1. The van der Waals surface area contributed by atoms with Crippen molar-refractivity contribution >= 4 is 21.6 Å². The molecule has 6 nitrogen and oxygen atoms in total. The largest absolute Gasteiger partial charge is 0.349 e. The summed E-state index contributed by atoms with van der Waals surface area (Å²) in [4.78, 5) is 15.2. The molecule has 0 aromatic heterocycles. The summed E-state index contributed by atoms with van der Waals surface area (Å²) in [6, 6.07) is 10.2. The van der Waals surface area contributed by atoms with E-state index in [0.717, 1.165) is 45.0 Å². The van der Waals surface area contributed by atoms with Crippen LogP contribution in [-0.2, 0) is 10.0 Å². The van der Waals surface area contributed by atoms with Gasteiger partial charge < -0.3 is 10.2 Å². The Labute approximate surface area is 177 Å². The maximum Gasteiger partial charge on any atom is 0.261 e. The Morgan fingerprint density at radius 3 is 2.53 bits per heavy atom. The second kappa shape index (κ2) is 9.57. The lowest BCUT2D eigenvalue weighted by Crippen LogP contribution is -2.44. The van der Waals surface area contributed by atoms with Crippen molar-refractivity contribution in [2.75, 3.05) is 24.4 Å². The van der Waals surface area contributed by atoms with Gasteiger partial charge in [-0.15, -0.1) is 0 Å². The number of rotatable bonds is 7. The Morgan fingerprint density at radius 1 is 1.17 bits per heavy atom. The molecule has 8 heteroatoms. The van der Waals surface area contributed by atoms with E-state index in [4.69, 9.17) is 0 Å². The molecule has 0 bridgehead atoms. The number of carbonyl (C=O) groups excluding carboxylic acids is 1. The van der Waals surface area contributed by atoms with Crippen LogP contribution >= 0.6 is 0 Å². The van der Waals surface area contributed by atoms with Gasteiger partial charge in [0.2, 0.25) is 0 Å². The van der Waals surface area contributed by atoms with E-state index in [2.05, 4.69) is 21.9 Å². The lowest BCUT2D eigenvalue weighted by atomic mass is 10.0. The molecular formula is C22H28FN3O3S. The van der Waals surface area contributed by atoms with Crippen LogP contribution < -0.4 is 10.0 Å². The molecule has 0 saturated carbocycles. The van der Waals surface area contributed by atoms with Gasteiger partial charge in [0.05, 0.1) is 16.1 Å². The summed E-state index contributed by atoms with van der Waals surface area (Å²) in [6.45, 7) is 6.60. The zero-order chi connectivity index (χ0) is 21.7. The number of halogens is 1. The van der Waals surface area contributed by atoms with Crippen molar-refractivity contribution in [3.63, 3.8) is 0 Å². The van der Waals surface area contributed by atoms with Crippen LogP contribution in [0.4, 0.5) is 10.1 Å². The van der Waals surface area contributed by atoms with Gasteiger partial charge in [0, 0.05) is 19.1 Å². The number of hydrogen-bond donors (Lipinski definition) is 2. The number of benzene rings is 2. The number of hydrogen-bond acceptors (Lipinski definition) is 4. The topological polar surface area (TPSA) is 78.5 Å². The van der Waals surface area contributed by atoms with Crippen LogP contribution in [0.5, 0.6) is 0 Å². The molecule has 0 spiro atoms. The van der Waals surface area contributed by atoms with E-state index >= 15 is 0 Å². The highest BCUT2D eigenvalue weighted by Crippen LogP contribution is 2.22. The maximum atomic E-state index is 13.5. The van der Waals surface area contributed by atoms with Gasteiger partial charge in [-0.3, -0.25) is 9.52 Å². The number of sulfonamides is 1. The second-order valence-corrected chi connectivity index (χ2v) is 9.33. The average molecular weight is 434 g/mol. The van der Waals surface area contributed by atoms with Crippen molar-refractivity contribution in [1.82, 2.24) is 10.2 Å². The first-order valence-corrected chi connectivity index (χ1v) is 11.7. The Kier molecular flexibility index (Phi) is 7.10. The summed E-state index contributed by atoms with van der Waals surface area (Å²) in [6.07, 6.45) is 2.85. The molecule has 1 aliphatic rings. The molecule has 30 heavy (non-hydrogen) atoms. The highest BCUT2D eigenvalue weighted by Gasteiger charge is 2.23. The second-order valence-electron chi connectivity index (χ2n) is 7.65. The van der Waals surface area contributed by atoms with E-state index in [9.17, 15) is 17.6 Å². The van der Waals surface area contributed by atoms with Gasteiger partial charge >= 0.3 is 0 Å². The highest BCUT2D eigenvalue weighted by molar-refractivity contribution is 7.92. The molecule has 2 aromatic carbocycles. The van der Waals surface area contributed by atoms with Crippen molar-refractivity contribution in [3.05, 3.63) is 59.4 Å². The molecule has 3 rings (SSSR count). The minimum absolute atomic E-state index is 0.0556. The molecule has 1 heterocycles. The Morgan fingerprint density at radius 2 is 1.87 bits per heavy atom. The molecule has 1 aliphatic heterocycles. The standard InChI is InChI=1S/C22H28FN3O3S/c1-3-12-26-13-10-17(11-14-26)24-22(27)19-6-4-5-7-21(19)25-30(28,29)18-8-9-20(23)16(2)15-18/h4-9,15,17,25H,3,10-14H2,1-2H3,(H,24,27). The summed E-state index contributed by atoms with van der Waals surface area (Å²) in [5, 5.41) is 3.03. The third-order valence-corrected chi connectivity index (χ3v) is 6.68. The third kappa shape index (κ3) is 5.37. The summed E-state index contributed by atoms with van der Waals surface area (Å²) in [7, 11) is -3.96. The first-order chi connectivity index (χ1) is 14.3. The first kappa shape index (κ1) is 22.2. The van der Waals surface area contributed by atoms with Gasteiger partial charge in [-0.25, -0.2) is 12.8 Å². The molecule has 0 atom stereocenters. The molecule has 2 N–H and O–H groups in total. The summed E-state index contributed by atoms with van der Waals surface area (Å²) >= 11 is 0. The molecule has 0 radical (unpaired) electrons. The molecule has 0 aliphatic carbocycles. The zero-order valence-corrected chi connectivity index (χ0v) is 18.1. The van der Waals surface area contributed by atoms with E-state index in [1.807, 2.05) is 0 Å². The van der Waals surface area contributed by atoms with Crippen LogP contribution in [0.1, 0.15) is 42.1 Å². The number of nitrogens with zero attached hydrogens (tertiary/aromatic N) is 1. The van der Waals surface area contributed by atoms with Crippen LogP contribution in [-0.4, -0.2) is 44.9 Å². The Hall–Kier alpha value is -2.45.